The molecule has 2 heterocycles. The first-order valence-electron chi connectivity index (χ1n) is 10.2. The molecular formula is C22H25N3O2S2. The Hall–Kier alpha value is -1.75. The summed E-state index contributed by atoms with van der Waals surface area (Å²) in [5.41, 5.74) is 2.83. The number of ketones is 1. The molecule has 1 N–H and O–H groups in total. The molecule has 152 valence electrons. The van der Waals surface area contributed by atoms with Crippen molar-refractivity contribution in [3.8, 4) is 6.07 Å². The monoisotopic (exact) mass is 427 g/mol. The van der Waals surface area contributed by atoms with Crippen LogP contribution in [0, 0.1) is 23.2 Å². The van der Waals surface area contributed by atoms with Crippen molar-refractivity contribution >= 4 is 40.5 Å². The summed E-state index contributed by atoms with van der Waals surface area (Å²) in [6.07, 6.45) is 4.50. The zero-order valence-electron chi connectivity index (χ0n) is 16.3. The number of thioether (sulfide) groups is 1. The van der Waals surface area contributed by atoms with E-state index in [0.29, 0.717) is 35.4 Å². The van der Waals surface area contributed by atoms with E-state index in [9.17, 15) is 14.9 Å². The molecule has 0 spiro atoms. The topological polar surface area (TPSA) is 73.2 Å². The maximum absolute atomic E-state index is 13.1. The second kappa shape index (κ2) is 8.95. The van der Waals surface area contributed by atoms with Crippen LogP contribution < -0.4 is 5.32 Å². The molecule has 1 aromatic carbocycles. The number of carbonyl (C=O) groups is 2. The fraction of sp³-hybridized carbons (Fsp3) is 0.545. The summed E-state index contributed by atoms with van der Waals surface area (Å²) in [7, 11) is 0. The second-order valence-electron chi connectivity index (χ2n) is 8.14. The number of hydrogen-bond donors (Lipinski definition) is 1. The number of fused-ring (bicyclic) bond motifs is 1. The lowest BCUT2D eigenvalue weighted by Gasteiger charge is -2.27. The molecule has 2 fully saturated rings. The third kappa shape index (κ3) is 4.25. The lowest BCUT2D eigenvalue weighted by molar-refractivity contribution is -0.136. The first kappa shape index (κ1) is 20.5. The van der Waals surface area contributed by atoms with Crippen molar-refractivity contribution in [2.24, 2.45) is 11.8 Å². The number of hydrogen-bond acceptors (Lipinski definition) is 6. The molecule has 2 saturated heterocycles. The molecule has 1 aliphatic carbocycles. The highest BCUT2D eigenvalue weighted by Gasteiger charge is 2.44. The van der Waals surface area contributed by atoms with Gasteiger partial charge in [0.15, 0.2) is 0 Å². The van der Waals surface area contributed by atoms with E-state index in [4.69, 9.17) is 12.2 Å². The first-order valence-corrected chi connectivity index (χ1v) is 11.8. The van der Waals surface area contributed by atoms with Gasteiger partial charge in [0.25, 0.3) is 0 Å². The number of Topliss-reactive ketones (excluding diaryl/α,β-unsaturated/α-hetero) is 1. The Labute approximate surface area is 181 Å². The number of aryl methyl sites for hydroxylation is 1. The van der Waals surface area contributed by atoms with Crippen LogP contribution in [0.2, 0.25) is 0 Å². The van der Waals surface area contributed by atoms with Gasteiger partial charge in [-0.05, 0) is 42.7 Å². The van der Waals surface area contributed by atoms with E-state index in [1.54, 1.807) is 16.7 Å². The summed E-state index contributed by atoms with van der Waals surface area (Å²) in [4.78, 5) is 28.3. The molecule has 29 heavy (non-hydrogen) atoms. The quantitative estimate of drug-likeness (QED) is 0.728. The van der Waals surface area contributed by atoms with Crippen molar-refractivity contribution < 1.29 is 9.59 Å². The van der Waals surface area contributed by atoms with Gasteiger partial charge in [-0.1, -0.05) is 36.5 Å². The highest BCUT2D eigenvalue weighted by Crippen LogP contribution is 2.30. The van der Waals surface area contributed by atoms with Crippen LogP contribution in [-0.4, -0.2) is 51.7 Å². The summed E-state index contributed by atoms with van der Waals surface area (Å²) in [5, 5.41) is 12.4. The van der Waals surface area contributed by atoms with Crippen molar-refractivity contribution in [1.29, 1.82) is 5.26 Å². The number of thiocarbonyl (C=S) groups is 1. The van der Waals surface area contributed by atoms with Crippen molar-refractivity contribution in [2.75, 3.05) is 18.2 Å². The van der Waals surface area contributed by atoms with E-state index < -0.39 is 18.0 Å². The predicted octanol–water partition coefficient (Wildman–Crippen LogP) is 2.52. The molecule has 4 rings (SSSR count). The second-order valence-corrected chi connectivity index (χ2v) is 9.66. The number of amides is 1. The average Bonchev–Trinajstić information content (AvgIpc) is 3.37. The minimum atomic E-state index is -0.614. The van der Waals surface area contributed by atoms with Crippen molar-refractivity contribution in [3.63, 3.8) is 0 Å². The Bertz CT molecular complexity index is 866. The maximum atomic E-state index is 13.1. The third-order valence-electron chi connectivity index (χ3n) is 6.35. The van der Waals surface area contributed by atoms with Crippen molar-refractivity contribution in [1.82, 2.24) is 10.2 Å². The smallest absolute Gasteiger partial charge is 0.242 e. The van der Waals surface area contributed by atoms with Crippen LogP contribution in [0.15, 0.2) is 24.3 Å². The van der Waals surface area contributed by atoms with Crippen LogP contribution in [-0.2, 0) is 22.4 Å². The van der Waals surface area contributed by atoms with E-state index in [1.165, 1.54) is 11.1 Å². The Balaban J connectivity index is 1.37. The molecule has 0 aromatic heterocycles. The van der Waals surface area contributed by atoms with Gasteiger partial charge in [0.2, 0.25) is 5.91 Å². The lowest BCUT2D eigenvalue weighted by atomic mass is 9.80. The molecule has 5 nitrogen and oxygen atoms in total. The number of nitriles is 1. The van der Waals surface area contributed by atoms with E-state index in [2.05, 4.69) is 35.7 Å². The van der Waals surface area contributed by atoms with E-state index in [1.807, 2.05) is 0 Å². The summed E-state index contributed by atoms with van der Waals surface area (Å²) < 4.78 is 0. The van der Waals surface area contributed by atoms with Crippen LogP contribution in [0.1, 0.15) is 30.4 Å². The average molecular weight is 428 g/mol. The Morgan fingerprint density at radius 3 is 2.90 bits per heavy atom. The summed E-state index contributed by atoms with van der Waals surface area (Å²) in [6, 6.07) is 9.71. The van der Waals surface area contributed by atoms with E-state index >= 15 is 0 Å². The Morgan fingerprint density at radius 1 is 1.31 bits per heavy atom. The van der Waals surface area contributed by atoms with Crippen LogP contribution in [0.3, 0.4) is 0 Å². The van der Waals surface area contributed by atoms with Crippen LogP contribution >= 0.6 is 24.0 Å². The number of carbonyl (C=O) groups excluding carboxylic acids is 2. The van der Waals surface area contributed by atoms with Crippen molar-refractivity contribution in [2.45, 2.75) is 44.2 Å². The van der Waals surface area contributed by atoms with Gasteiger partial charge in [-0.3, -0.25) is 9.59 Å². The number of rotatable bonds is 5. The molecule has 2 aliphatic heterocycles. The van der Waals surface area contributed by atoms with Gasteiger partial charge in [0, 0.05) is 23.6 Å². The molecule has 4 atom stereocenters. The van der Waals surface area contributed by atoms with E-state index in [-0.39, 0.29) is 11.7 Å². The fourth-order valence-electron chi connectivity index (χ4n) is 4.69. The Morgan fingerprint density at radius 2 is 2.10 bits per heavy atom. The molecule has 0 radical (unpaired) electrons. The number of nitrogens with one attached hydrogen (secondary N) is 1. The fourth-order valence-corrected chi connectivity index (χ4v) is 6.12. The van der Waals surface area contributed by atoms with Gasteiger partial charge in [0.05, 0.1) is 17.9 Å². The minimum absolute atomic E-state index is 0.0672. The number of benzene rings is 1. The van der Waals surface area contributed by atoms with Gasteiger partial charge < -0.3 is 10.2 Å². The third-order valence-corrected chi connectivity index (χ3v) is 7.76. The zero-order valence-corrected chi connectivity index (χ0v) is 17.9. The van der Waals surface area contributed by atoms with Gasteiger partial charge in [-0.25, -0.2) is 0 Å². The summed E-state index contributed by atoms with van der Waals surface area (Å²) in [5.74, 6) is 0.997. The van der Waals surface area contributed by atoms with Crippen LogP contribution in [0.4, 0.5) is 0 Å². The molecule has 0 saturated carbocycles. The Kier molecular flexibility index (Phi) is 6.33. The standard InChI is InChI=1S/C22H25N3O2S2/c23-10-17-12-29-13-25(17)22(27)21-20(19(28)11-24-21)18(26)8-6-14-5-7-15-3-1-2-4-16(15)9-14/h1-4,14,17,20-21,24H,5-9,11-13H2/t14-,17-,20?,21+/m1/s1. The van der Waals surface area contributed by atoms with Crippen molar-refractivity contribution in [3.05, 3.63) is 35.4 Å². The number of nitrogens with zero attached hydrogens (tertiary/aromatic N) is 2. The largest absolute Gasteiger partial charge is 0.315 e. The molecule has 7 heteroatoms. The SMILES string of the molecule is N#C[C@@H]1CSCN1C(=O)[C@H]1NCC(=S)C1C(=O)CC[C@H]1CCc2ccccc2C1. The summed E-state index contributed by atoms with van der Waals surface area (Å²) in [6.45, 7) is 0.414. The van der Waals surface area contributed by atoms with Crippen LogP contribution in [0.5, 0.6) is 0 Å². The summed E-state index contributed by atoms with van der Waals surface area (Å²) >= 11 is 7.02. The molecular weight excluding hydrogens is 402 g/mol. The van der Waals surface area contributed by atoms with Gasteiger partial charge >= 0.3 is 0 Å². The van der Waals surface area contributed by atoms with E-state index in [0.717, 1.165) is 25.7 Å². The highest BCUT2D eigenvalue weighted by molar-refractivity contribution is 7.99. The maximum Gasteiger partial charge on any atom is 0.242 e. The van der Waals surface area contributed by atoms with Gasteiger partial charge in [-0.2, -0.15) is 5.26 Å². The zero-order chi connectivity index (χ0) is 20.4. The van der Waals surface area contributed by atoms with Gasteiger partial charge in [-0.15, -0.1) is 11.8 Å². The molecule has 0 bridgehead atoms. The van der Waals surface area contributed by atoms with Crippen LogP contribution in [0.25, 0.3) is 0 Å². The highest BCUT2D eigenvalue weighted by atomic mass is 32.2. The molecule has 3 aliphatic rings. The molecule has 1 unspecified atom stereocenters. The lowest BCUT2D eigenvalue weighted by Crippen LogP contribution is -2.50. The normalized spacial score (nSPS) is 28.8. The minimum Gasteiger partial charge on any atom is -0.315 e. The van der Waals surface area contributed by atoms with Gasteiger partial charge in [0.1, 0.15) is 17.9 Å². The molecule has 1 aromatic rings. The first-order chi connectivity index (χ1) is 14.1. The predicted molar refractivity (Wildman–Crippen MR) is 118 cm³/mol. The molecule has 1 amide bonds.